The first-order valence-corrected chi connectivity index (χ1v) is 7.99. The number of nitrogens with one attached hydrogen (secondary N) is 1. The number of rotatable bonds is 6. The highest BCUT2D eigenvalue weighted by Crippen LogP contribution is 2.15. The maximum Gasteiger partial charge on any atom is 0.242 e. The highest BCUT2D eigenvalue weighted by atomic mass is 32.2. The fourth-order valence-corrected chi connectivity index (χ4v) is 2.62. The van der Waals surface area contributed by atoms with E-state index in [0.717, 1.165) is 5.56 Å². The molecule has 2 aromatic rings. The van der Waals surface area contributed by atoms with Gasteiger partial charge in [0.1, 0.15) is 5.82 Å². The molecule has 0 fully saturated rings. The summed E-state index contributed by atoms with van der Waals surface area (Å²) in [5.41, 5.74) is 0.933. The molecule has 0 saturated carbocycles. The zero-order valence-corrected chi connectivity index (χ0v) is 13.5. The first-order valence-electron chi connectivity index (χ1n) is 6.55. The number of ether oxygens (including phenoxy) is 1. The van der Waals surface area contributed by atoms with E-state index in [1.807, 2.05) is 0 Å². The molecule has 0 radical (unpaired) electrons. The van der Waals surface area contributed by atoms with Crippen LogP contribution in [0.3, 0.4) is 0 Å². The molecule has 1 heterocycles. The smallest absolute Gasteiger partial charge is 0.242 e. The van der Waals surface area contributed by atoms with E-state index in [1.165, 1.54) is 31.7 Å². The number of anilines is 1. The molecule has 7 nitrogen and oxygen atoms in total. The van der Waals surface area contributed by atoms with E-state index in [-0.39, 0.29) is 4.90 Å². The van der Waals surface area contributed by atoms with Gasteiger partial charge in [-0.05, 0) is 17.7 Å². The average molecular weight is 322 g/mol. The SMILES string of the molecule is COc1cncc(NCc2ccc(S(=O)(=O)N(C)C)cc2)n1. The summed E-state index contributed by atoms with van der Waals surface area (Å²) in [4.78, 5) is 8.45. The average Bonchev–Trinajstić information content (AvgIpc) is 2.53. The van der Waals surface area contributed by atoms with Crippen molar-refractivity contribution >= 4 is 15.8 Å². The minimum atomic E-state index is -3.40. The summed E-state index contributed by atoms with van der Waals surface area (Å²) >= 11 is 0. The van der Waals surface area contributed by atoms with Gasteiger partial charge < -0.3 is 10.1 Å². The minimum Gasteiger partial charge on any atom is -0.480 e. The Labute approximate surface area is 130 Å². The number of benzene rings is 1. The molecule has 0 spiro atoms. The molecule has 0 aliphatic heterocycles. The number of sulfonamides is 1. The van der Waals surface area contributed by atoms with Gasteiger partial charge in [0.2, 0.25) is 15.9 Å². The molecule has 2 rings (SSSR count). The van der Waals surface area contributed by atoms with Gasteiger partial charge in [-0.1, -0.05) is 12.1 Å². The van der Waals surface area contributed by atoms with E-state index < -0.39 is 10.0 Å². The topological polar surface area (TPSA) is 84.4 Å². The summed E-state index contributed by atoms with van der Waals surface area (Å²) in [6, 6.07) is 6.70. The maximum absolute atomic E-state index is 12.0. The lowest BCUT2D eigenvalue weighted by Crippen LogP contribution is -2.22. The van der Waals surface area contributed by atoms with Crippen LogP contribution in [0.2, 0.25) is 0 Å². The third-order valence-corrected chi connectivity index (χ3v) is 4.83. The lowest BCUT2D eigenvalue weighted by molar-refractivity contribution is 0.396. The van der Waals surface area contributed by atoms with Crippen LogP contribution >= 0.6 is 0 Å². The van der Waals surface area contributed by atoms with Crippen LogP contribution in [0, 0.1) is 0 Å². The van der Waals surface area contributed by atoms with E-state index in [9.17, 15) is 8.42 Å². The zero-order chi connectivity index (χ0) is 16.2. The van der Waals surface area contributed by atoms with Gasteiger partial charge in [-0.3, -0.25) is 4.98 Å². The van der Waals surface area contributed by atoms with E-state index >= 15 is 0 Å². The second kappa shape index (κ2) is 6.71. The fraction of sp³-hybridized carbons (Fsp3) is 0.286. The maximum atomic E-state index is 12.0. The second-order valence-electron chi connectivity index (χ2n) is 4.73. The van der Waals surface area contributed by atoms with Crippen LogP contribution in [-0.4, -0.2) is 43.9 Å². The van der Waals surface area contributed by atoms with Crippen LogP contribution in [0.4, 0.5) is 5.82 Å². The molecule has 0 amide bonds. The summed E-state index contributed by atoms with van der Waals surface area (Å²) in [7, 11) is 1.14. The van der Waals surface area contributed by atoms with Crippen molar-refractivity contribution in [1.82, 2.24) is 14.3 Å². The Kier molecular flexibility index (Phi) is 4.94. The Balaban J connectivity index is 2.05. The van der Waals surface area contributed by atoms with Crippen LogP contribution < -0.4 is 10.1 Å². The first-order chi connectivity index (χ1) is 10.4. The Morgan fingerprint density at radius 1 is 1.18 bits per heavy atom. The fourth-order valence-electron chi connectivity index (χ4n) is 1.71. The Hall–Kier alpha value is -2.19. The van der Waals surface area contributed by atoms with Crippen molar-refractivity contribution in [3.63, 3.8) is 0 Å². The largest absolute Gasteiger partial charge is 0.480 e. The second-order valence-corrected chi connectivity index (χ2v) is 6.88. The molecule has 8 heteroatoms. The summed E-state index contributed by atoms with van der Waals surface area (Å²) in [5, 5.41) is 3.10. The summed E-state index contributed by atoms with van der Waals surface area (Å²) in [6.45, 7) is 0.504. The molecule has 118 valence electrons. The number of nitrogens with zero attached hydrogens (tertiary/aromatic N) is 3. The molecule has 0 aliphatic carbocycles. The highest BCUT2D eigenvalue weighted by Gasteiger charge is 2.16. The minimum absolute atomic E-state index is 0.266. The molecule has 0 unspecified atom stereocenters. The van der Waals surface area contributed by atoms with Gasteiger partial charge in [0, 0.05) is 20.6 Å². The molecule has 0 bridgehead atoms. The van der Waals surface area contributed by atoms with Gasteiger partial charge in [-0.15, -0.1) is 0 Å². The highest BCUT2D eigenvalue weighted by molar-refractivity contribution is 7.89. The van der Waals surface area contributed by atoms with Gasteiger partial charge >= 0.3 is 0 Å². The van der Waals surface area contributed by atoms with Crippen molar-refractivity contribution < 1.29 is 13.2 Å². The third kappa shape index (κ3) is 3.71. The summed E-state index contributed by atoms with van der Waals surface area (Å²) in [5.74, 6) is 1.02. The molecule has 0 atom stereocenters. The Bertz CT molecular complexity index is 730. The molecular formula is C14H18N4O3S. The van der Waals surface area contributed by atoms with Crippen LogP contribution in [0.5, 0.6) is 5.88 Å². The lowest BCUT2D eigenvalue weighted by atomic mass is 10.2. The quantitative estimate of drug-likeness (QED) is 0.864. The molecule has 0 aliphatic rings. The number of methoxy groups -OCH3 is 1. The van der Waals surface area contributed by atoms with Crippen LogP contribution in [0.25, 0.3) is 0 Å². The van der Waals surface area contributed by atoms with Gasteiger partial charge in [0.15, 0.2) is 0 Å². The normalized spacial score (nSPS) is 11.5. The van der Waals surface area contributed by atoms with Gasteiger partial charge in [0.05, 0.1) is 24.4 Å². The zero-order valence-electron chi connectivity index (χ0n) is 12.6. The molecule has 1 aromatic carbocycles. The van der Waals surface area contributed by atoms with E-state index in [1.54, 1.807) is 30.5 Å². The number of hydrogen-bond donors (Lipinski definition) is 1. The number of hydrogen-bond acceptors (Lipinski definition) is 6. The predicted octanol–water partition coefficient (Wildman–Crippen LogP) is 1.35. The van der Waals surface area contributed by atoms with E-state index in [0.29, 0.717) is 18.2 Å². The van der Waals surface area contributed by atoms with Gasteiger partial charge in [0.25, 0.3) is 0 Å². The molecule has 1 N–H and O–H groups in total. The summed E-state index contributed by atoms with van der Waals surface area (Å²) in [6.07, 6.45) is 3.11. The molecule has 0 saturated heterocycles. The van der Waals surface area contributed by atoms with Crippen LogP contribution in [0.15, 0.2) is 41.6 Å². The molecule has 1 aromatic heterocycles. The Morgan fingerprint density at radius 3 is 2.45 bits per heavy atom. The monoisotopic (exact) mass is 322 g/mol. The summed E-state index contributed by atoms with van der Waals surface area (Å²) < 4.78 is 30.1. The van der Waals surface area contributed by atoms with Gasteiger partial charge in [-0.2, -0.15) is 4.98 Å². The predicted molar refractivity (Wildman–Crippen MR) is 83.2 cm³/mol. The van der Waals surface area contributed by atoms with E-state index in [4.69, 9.17) is 4.74 Å². The van der Waals surface area contributed by atoms with Gasteiger partial charge in [-0.25, -0.2) is 12.7 Å². The van der Waals surface area contributed by atoms with Crippen molar-refractivity contribution in [1.29, 1.82) is 0 Å². The standard InChI is InChI=1S/C14H18N4O3S/c1-18(2)22(19,20)12-6-4-11(5-7-12)8-16-13-9-15-10-14(17-13)21-3/h4-7,9-10H,8H2,1-3H3,(H,16,17). The van der Waals surface area contributed by atoms with Crippen molar-refractivity contribution in [2.45, 2.75) is 11.4 Å². The lowest BCUT2D eigenvalue weighted by Gasteiger charge is -2.12. The number of aromatic nitrogens is 2. The Morgan fingerprint density at radius 2 is 1.86 bits per heavy atom. The third-order valence-electron chi connectivity index (χ3n) is 3.00. The first kappa shape index (κ1) is 16.2. The molecule has 22 heavy (non-hydrogen) atoms. The van der Waals surface area contributed by atoms with Crippen molar-refractivity contribution in [2.24, 2.45) is 0 Å². The van der Waals surface area contributed by atoms with Crippen molar-refractivity contribution in [3.05, 3.63) is 42.2 Å². The van der Waals surface area contributed by atoms with E-state index in [2.05, 4.69) is 15.3 Å². The van der Waals surface area contributed by atoms with Crippen LogP contribution in [0.1, 0.15) is 5.56 Å². The van der Waals surface area contributed by atoms with Crippen LogP contribution in [-0.2, 0) is 16.6 Å². The van der Waals surface area contributed by atoms with Crippen molar-refractivity contribution in [2.75, 3.05) is 26.5 Å². The van der Waals surface area contributed by atoms with Crippen molar-refractivity contribution in [3.8, 4) is 5.88 Å². The molecular weight excluding hydrogens is 304 g/mol.